The maximum absolute atomic E-state index is 11.2. The summed E-state index contributed by atoms with van der Waals surface area (Å²) in [5.74, 6) is -0.451. The van der Waals surface area contributed by atoms with Crippen molar-refractivity contribution in [2.24, 2.45) is 0 Å². The molecule has 0 saturated carbocycles. The Morgan fingerprint density at radius 3 is 2.43 bits per heavy atom. The minimum Gasteiger partial charge on any atom is -0.352 e. The summed E-state index contributed by atoms with van der Waals surface area (Å²) in [5.41, 5.74) is 0. The fourth-order valence-electron chi connectivity index (χ4n) is 1.02. The lowest BCUT2D eigenvalue weighted by atomic mass is 10.2. The highest BCUT2D eigenvalue weighted by molar-refractivity contribution is 7.91. The summed E-state index contributed by atoms with van der Waals surface area (Å²) in [6.45, 7) is 1.91. The van der Waals surface area contributed by atoms with Crippen LogP contribution in [0.4, 0.5) is 0 Å². The van der Waals surface area contributed by atoms with Gasteiger partial charge in [0, 0.05) is 18.2 Å². The van der Waals surface area contributed by atoms with Gasteiger partial charge in [-0.05, 0) is 12.8 Å². The van der Waals surface area contributed by atoms with Crippen molar-refractivity contribution >= 4 is 27.3 Å². The molecule has 0 saturated heterocycles. The van der Waals surface area contributed by atoms with Crippen LogP contribution in [-0.2, 0) is 14.6 Å². The molecule has 4 nitrogen and oxygen atoms in total. The Labute approximate surface area is 89.9 Å². The molecule has 0 heterocycles. The predicted octanol–water partition coefficient (Wildman–Crippen LogP) is 0.555. The Balaban J connectivity index is 4.03. The van der Waals surface area contributed by atoms with Crippen molar-refractivity contribution < 1.29 is 13.2 Å². The first kappa shape index (κ1) is 13.7. The molecule has 0 fully saturated rings. The van der Waals surface area contributed by atoms with E-state index in [1.807, 2.05) is 6.92 Å². The number of hydrogen-bond donors (Lipinski definition) is 1. The van der Waals surface area contributed by atoms with Gasteiger partial charge >= 0.3 is 0 Å². The zero-order valence-corrected chi connectivity index (χ0v) is 9.99. The fraction of sp³-hybridized carbons (Fsp3) is 0.875. The van der Waals surface area contributed by atoms with Gasteiger partial charge in [-0.3, -0.25) is 4.79 Å². The third kappa shape index (κ3) is 7.15. The smallest absolute Gasteiger partial charge is 0.235 e. The van der Waals surface area contributed by atoms with E-state index in [2.05, 4.69) is 5.32 Å². The minimum atomic E-state index is -3.24. The first-order chi connectivity index (χ1) is 6.39. The molecule has 0 aromatic rings. The van der Waals surface area contributed by atoms with Crippen LogP contribution in [0.1, 0.15) is 19.8 Å². The molecule has 0 aliphatic rings. The number of nitrogens with one attached hydrogen (secondary N) is 1. The molecule has 0 spiro atoms. The molecule has 14 heavy (non-hydrogen) atoms. The Bertz CT molecular complexity index is 276. The Hall–Kier alpha value is -0.290. The number of hydrogen-bond acceptors (Lipinski definition) is 3. The molecular formula is C8H16ClNO3S. The molecule has 0 rings (SSSR count). The van der Waals surface area contributed by atoms with Gasteiger partial charge < -0.3 is 5.32 Å². The van der Waals surface area contributed by atoms with Crippen LogP contribution in [0.25, 0.3) is 0 Å². The van der Waals surface area contributed by atoms with E-state index in [9.17, 15) is 13.2 Å². The van der Waals surface area contributed by atoms with E-state index in [0.717, 1.165) is 12.7 Å². The van der Waals surface area contributed by atoms with E-state index in [1.54, 1.807) is 0 Å². The molecule has 1 atom stereocenters. The van der Waals surface area contributed by atoms with Gasteiger partial charge in [-0.1, -0.05) is 6.92 Å². The van der Waals surface area contributed by atoms with Crippen LogP contribution in [0.3, 0.4) is 0 Å². The molecule has 84 valence electrons. The van der Waals surface area contributed by atoms with Gasteiger partial charge in [0.15, 0.2) is 9.84 Å². The fourth-order valence-corrected chi connectivity index (χ4v) is 1.84. The SMILES string of the molecule is CCC(CCCl)NC(=O)CS(C)(=O)=O. The highest BCUT2D eigenvalue weighted by Gasteiger charge is 2.14. The van der Waals surface area contributed by atoms with Gasteiger partial charge in [-0.2, -0.15) is 0 Å². The summed E-state index contributed by atoms with van der Waals surface area (Å²) >= 11 is 5.52. The van der Waals surface area contributed by atoms with Crippen LogP contribution >= 0.6 is 11.6 Å². The lowest BCUT2D eigenvalue weighted by Crippen LogP contribution is -2.38. The lowest BCUT2D eigenvalue weighted by molar-refractivity contribution is -0.119. The largest absolute Gasteiger partial charge is 0.352 e. The Morgan fingerprint density at radius 2 is 2.07 bits per heavy atom. The number of alkyl halides is 1. The number of carbonyl (C=O) groups is 1. The van der Waals surface area contributed by atoms with Crippen LogP contribution in [0.2, 0.25) is 0 Å². The van der Waals surface area contributed by atoms with Gasteiger partial charge in [0.05, 0.1) is 0 Å². The van der Waals surface area contributed by atoms with Crippen molar-refractivity contribution in [3.63, 3.8) is 0 Å². The number of carbonyl (C=O) groups excluding carboxylic acids is 1. The molecule has 1 N–H and O–H groups in total. The summed E-state index contributed by atoms with van der Waals surface area (Å²) in [7, 11) is -3.24. The van der Waals surface area contributed by atoms with Gasteiger partial charge in [-0.15, -0.1) is 11.6 Å². The van der Waals surface area contributed by atoms with E-state index in [1.165, 1.54) is 0 Å². The van der Waals surface area contributed by atoms with Gasteiger partial charge in [0.2, 0.25) is 5.91 Å². The zero-order chi connectivity index (χ0) is 11.2. The molecule has 0 aliphatic carbocycles. The second kappa shape index (κ2) is 6.24. The zero-order valence-electron chi connectivity index (χ0n) is 8.42. The van der Waals surface area contributed by atoms with Crippen molar-refractivity contribution in [2.75, 3.05) is 17.9 Å². The number of rotatable bonds is 6. The highest BCUT2D eigenvalue weighted by Crippen LogP contribution is 1.99. The van der Waals surface area contributed by atoms with Crippen molar-refractivity contribution in [1.29, 1.82) is 0 Å². The molecular weight excluding hydrogens is 226 g/mol. The Kier molecular flexibility index (Phi) is 6.11. The molecule has 0 aromatic heterocycles. The van der Waals surface area contributed by atoms with Gasteiger partial charge in [-0.25, -0.2) is 8.42 Å². The first-order valence-electron chi connectivity index (χ1n) is 4.42. The minimum absolute atomic E-state index is 0.0262. The second-order valence-electron chi connectivity index (χ2n) is 3.22. The van der Waals surface area contributed by atoms with Crippen LogP contribution in [-0.4, -0.2) is 38.3 Å². The van der Waals surface area contributed by atoms with Crippen LogP contribution in [0.5, 0.6) is 0 Å². The van der Waals surface area contributed by atoms with Crippen molar-refractivity contribution in [3.05, 3.63) is 0 Å². The number of halogens is 1. The topological polar surface area (TPSA) is 63.2 Å². The van der Waals surface area contributed by atoms with E-state index < -0.39 is 21.5 Å². The third-order valence-corrected chi connectivity index (χ3v) is 2.71. The first-order valence-corrected chi connectivity index (χ1v) is 7.01. The highest BCUT2D eigenvalue weighted by atomic mass is 35.5. The van der Waals surface area contributed by atoms with Crippen LogP contribution in [0, 0.1) is 0 Å². The van der Waals surface area contributed by atoms with Gasteiger partial charge in [0.25, 0.3) is 0 Å². The average molecular weight is 242 g/mol. The normalized spacial score (nSPS) is 13.6. The van der Waals surface area contributed by atoms with E-state index in [-0.39, 0.29) is 6.04 Å². The van der Waals surface area contributed by atoms with Crippen molar-refractivity contribution in [1.82, 2.24) is 5.32 Å². The molecule has 0 aromatic carbocycles. The molecule has 6 heteroatoms. The van der Waals surface area contributed by atoms with Crippen molar-refractivity contribution in [2.45, 2.75) is 25.8 Å². The monoisotopic (exact) mass is 241 g/mol. The second-order valence-corrected chi connectivity index (χ2v) is 5.74. The lowest BCUT2D eigenvalue weighted by Gasteiger charge is -2.14. The van der Waals surface area contributed by atoms with Gasteiger partial charge in [0.1, 0.15) is 5.75 Å². The summed E-state index contributed by atoms with van der Waals surface area (Å²) in [4.78, 5) is 11.2. The summed E-state index contributed by atoms with van der Waals surface area (Å²) in [5, 5.41) is 2.62. The van der Waals surface area contributed by atoms with E-state index >= 15 is 0 Å². The number of amides is 1. The van der Waals surface area contributed by atoms with E-state index in [4.69, 9.17) is 11.6 Å². The molecule has 1 unspecified atom stereocenters. The Morgan fingerprint density at radius 1 is 1.50 bits per heavy atom. The summed E-state index contributed by atoms with van der Waals surface area (Å²) in [6.07, 6.45) is 2.45. The summed E-state index contributed by atoms with van der Waals surface area (Å²) in [6, 6.07) is -0.0262. The third-order valence-electron chi connectivity index (χ3n) is 1.71. The average Bonchev–Trinajstić information content (AvgIpc) is 2.00. The number of sulfone groups is 1. The van der Waals surface area contributed by atoms with E-state index in [0.29, 0.717) is 12.3 Å². The van der Waals surface area contributed by atoms with Crippen LogP contribution in [0.15, 0.2) is 0 Å². The van der Waals surface area contributed by atoms with Crippen LogP contribution < -0.4 is 5.32 Å². The molecule has 1 amide bonds. The maximum atomic E-state index is 11.2. The van der Waals surface area contributed by atoms with Crippen molar-refractivity contribution in [3.8, 4) is 0 Å². The molecule has 0 radical (unpaired) electrons. The quantitative estimate of drug-likeness (QED) is 0.691. The standard InChI is InChI=1S/C8H16ClNO3S/c1-3-7(4-5-9)10-8(11)6-14(2,12)13/h7H,3-6H2,1-2H3,(H,10,11). The molecule has 0 bridgehead atoms. The maximum Gasteiger partial charge on any atom is 0.235 e. The molecule has 0 aliphatic heterocycles. The summed E-state index contributed by atoms with van der Waals surface area (Å²) < 4.78 is 21.6. The predicted molar refractivity (Wildman–Crippen MR) is 57.3 cm³/mol.